The highest BCUT2D eigenvalue weighted by atomic mass is 16.6. The lowest BCUT2D eigenvalue weighted by Gasteiger charge is -2.20. The molecule has 0 radical (unpaired) electrons. The topological polar surface area (TPSA) is 108 Å². The molecule has 0 aromatic carbocycles. The molecule has 0 aliphatic rings. The number of esters is 4. The molecule has 0 aromatic heterocycles. The normalized spacial score (nSPS) is 12.2. The summed E-state index contributed by atoms with van der Waals surface area (Å²) in [5.41, 5.74) is 0. The van der Waals surface area contributed by atoms with E-state index in [4.69, 9.17) is 9.47 Å². The Hall–Kier alpha value is -2.68. The Bertz CT molecular complexity index is 539. The standard InChI is InChI=1S/C17H25NO8/c1-5-23-14(19)7-8-16(21)25-12-13(11-18(3)4)26-17(22)10-9-15(20)24-6-2/h7-10,13H,5-6,11-12H2,1-4H3/b8-7+,10-9+. The van der Waals surface area contributed by atoms with Gasteiger partial charge in [-0.25, -0.2) is 19.2 Å². The first-order chi connectivity index (χ1) is 12.3. The summed E-state index contributed by atoms with van der Waals surface area (Å²) in [6, 6.07) is 0. The fourth-order valence-corrected chi connectivity index (χ4v) is 1.61. The van der Waals surface area contributed by atoms with E-state index in [0.29, 0.717) is 0 Å². The van der Waals surface area contributed by atoms with Crippen molar-refractivity contribution in [2.24, 2.45) is 0 Å². The minimum atomic E-state index is -0.778. The Balaban J connectivity index is 4.56. The highest BCUT2D eigenvalue weighted by Crippen LogP contribution is 1.99. The Labute approximate surface area is 152 Å². The van der Waals surface area contributed by atoms with Crippen LogP contribution in [-0.2, 0) is 38.1 Å². The molecular formula is C17H25NO8. The van der Waals surface area contributed by atoms with E-state index in [0.717, 1.165) is 24.3 Å². The summed E-state index contributed by atoms with van der Waals surface area (Å²) >= 11 is 0. The lowest BCUT2D eigenvalue weighted by atomic mass is 10.3. The average Bonchev–Trinajstić information content (AvgIpc) is 2.56. The van der Waals surface area contributed by atoms with Crippen LogP contribution in [0.15, 0.2) is 24.3 Å². The van der Waals surface area contributed by atoms with Crippen molar-refractivity contribution >= 4 is 23.9 Å². The third-order valence-corrected chi connectivity index (χ3v) is 2.55. The molecule has 0 amide bonds. The highest BCUT2D eigenvalue weighted by Gasteiger charge is 2.16. The average molecular weight is 371 g/mol. The molecule has 1 atom stereocenters. The van der Waals surface area contributed by atoms with Crippen molar-refractivity contribution in [2.45, 2.75) is 20.0 Å². The highest BCUT2D eigenvalue weighted by molar-refractivity contribution is 5.92. The minimum Gasteiger partial charge on any atom is -0.463 e. The van der Waals surface area contributed by atoms with E-state index >= 15 is 0 Å². The van der Waals surface area contributed by atoms with Gasteiger partial charge in [-0.1, -0.05) is 0 Å². The van der Waals surface area contributed by atoms with Crippen LogP contribution < -0.4 is 0 Å². The third-order valence-electron chi connectivity index (χ3n) is 2.55. The Morgan fingerprint density at radius 2 is 1.19 bits per heavy atom. The summed E-state index contributed by atoms with van der Waals surface area (Å²) in [5.74, 6) is -2.88. The summed E-state index contributed by atoms with van der Waals surface area (Å²) in [6.45, 7) is 3.73. The zero-order valence-electron chi connectivity index (χ0n) is 15.4. The molecule has 9 nitrogen and oxygen atoms in total. The monoisotopic (exact) mass is 371 g/mol. The second kappa shape index (κ2) is 13.6. The van der Waals surface area contributed by atoms with Gasteiger partial charge in [0.1, 0.15) is 12.7 Å². The predicted molar refractivity (Wildman–Crippen MR) is 90.9 cm³/mol. The molecule has 0 bridgehead atoms. The van der Waals surface area contributed by atoms with Crippen molar-refractivity contribution < 1.29 is 38.1 Å². The molecule has 0 N–H and O–H groups in total. The number of nitrogens with zero attached hydrogens (tertiary/aromatic N) is 1. The van der Waals surface area contributed by atoms with Gasteiger partial charge in [-0.15, -0.1) is 0 Å². The Morgan fingerprint density at radius 3 is 1.62 bits per heavy atom. The van der Waals surface area contributed by atoms with E-state index in [2.05, 4.69) is 9.47 Å². The van der Waals surface area contributed by atoms with Crippen molar-refractivity contribution in [2.75, 3.05) is 40.5 Å². The van der Waals surface area contributed by atoms with E-state index in [1.807, 2.05) is 0 Å². The maximum Gasteiger partial charge on any atom is 0.331 e. The third kappa shape index (κ3) is 12.7. The largest absolute Gasteiger partial charge is 0.463 e. The van der Waals surface area contributed by atoms with Gasteiger partial charge in [0, 0.05) is 30.8 Å². The van der Waals surface area contributed by atoms with E-state index < -0.39 is 30.0 Å². The van der Waals surface area contributed by atoms with E-state index in [1.165, 1.54) is 0 Å². The van der Waals surface area contributed by atoms with Crippen LogP contribution in [0.1, 0.15) is 13.8 Å². The number of hydrogen-bond donors (Lipinski definition) is 0. The number of carbonyl (C=O) groups is 4. The molecular weight excluding hydrogens is 346 g/mol. The number of rotatable bonds is 11. The van der Waals surface area contributed by atoms with Crippen molar-refractivity contribution in [1.82, 2.24) is 4.90 Å². The Kier molecular flexibility index (Phi) is 12.2. The molecule has 9 heteroatoms. The van der Waals surface area contributed by atoms with Crippen LogP contribution in [0.2, 0.25) is 0 Å². The molecule has 0 aliphatic carbocycles. The van der Waals surface area contributed by atoms with Gasteiger partial charge in [0.15, 0.2) is 0 Å². The molecule has 0 spiro atoms. The second-order valence-corrected chi connectivity index (χ2v) is 5.12. The van der Waals surface area contributed by atoms with Gasteiger partial charge in [0.2, 0.25) is 0 Å². The summed E-state index contributed by atoms with van der Waals surface area (Å²) in [6.07, 6.45) is 2.99. The molecule has 26 heavy (non-hydrogen) atoms. The molecule has 0 heterocycles. The van der Waals surface area contributed by atoms with Crippen LogP contribution >= 0.6 is 0 Å². The van der Waals surface area contributed by atoms with Gasteiger partial charge in [0.05, 0.1) is 13.2 Å². The zero-order valence-corrected chi connectivity index (χ0v) is 15.4. The predicted octanol–water partition coefficient (Wildman–Crippen LogP) is 0.242. The van der Waals surface area contributed by atoms with E-state index in [9.17, 15) is 19.2 Å². The summed E-state index contributed by atoms with van der Waals surface area (Å²) < 4.78 is 19.4. The number of ether oxygens (including phenoxy) is 4. The smallest absolute Gasteiger partial charge is 0.331 e. The first-order valence-electron chi connectivity index (χ1n) is 8.00. The molecule has 0 aromatic rings. The molecule has 0 rings (SSSR count). The summed E-state index contributed by atoms with van der Waals surface area (Å²) in [7, 11) is 3.50. The van der Waals surface area contributed by atoms with E-state index in [-0.39, 0.29) is 26.4 Å². The Morgan fingerprint density at radius 1 is 0.769 bits per heavy atom. The maximum absolute atomic E-state index is 11.7. The fraction of sp³-hybridized carbons (Fsp3) is 0.529. The van der Waals surface area contributed by atoms with Crippen molar-refractivity contribution in [3.05, 3.63) is 24.3 Å². The quantitative estimate of drug-likeness (QED) is 0.287. The van der Waals surface area contributed by atoms with Crippen LogP contribution in [-0.4, -0.2) is 75.3 Å². The zero-order chi connectivity index (χ0) is 19.9. The van der Waals surface area contributed by atoms with Gasteiger partial charge in [-0.2, -0.15) is 0 Å². The lowest BCUT2D eigenvalue weighted by Crippen LogP contribution is -2.34. The van der Waals surface area contributed by atoms with Crippen molar-refractivity contribution in [3.63, 3.8) is 0 Å². The molecule has 146 valence electrons. The van der Waals surface area contributed by atoms with Gasteiger partial charge >= 0.3 is 23.9 Å². The SMILES string of the molecule is CCOC(=O)/C=C/C(=O)OCC(CN(C)C)OC(=O)/C=C/C(=O)OCC. The number of likely N-dealkylation sites (N-methyl/N-ethyl adjacent to an activating group) is 1. The molecule has 0 saturated heterocycles. The molecule has 0 fully saturated rings. The molecule has 0 saturated carbocycles. The molecule has 0 aliphatic heterocycles. The van der Waals surface area contributed by atoms with Crippen LogP contribution in [0.4, 0.5) is 0 Å². The minimum absolute atomic E-state index is 0.191. The first kappa shape index (κ1) is 23.3. The van der Waals surface area contributed by atoms with Gasteiger partial charge in [-0.05, 0) is 27.9 Å². The van der Waals surface area contributed by atoms with Crippen LogP contribution in [0.25, 0.3) is 0 Å². The van der Waals surface area contributed by atoms with Gasteiger partial charge in [-0.3, -0.25) is 0 Å². The first-order valence-corrected chi connectivity index (χ1v) is 8.00. The number of carbonyl (C=O) groups excluding carboxylic acids is 4. The fourth-order valence-electron chi connectivity index (χ4n) is 1.61. The summed E-state index contributed by atoms with van der Waals surface area (Å²) in [5, 5.41) is 0. The van der Waals surface area contributed by atoms with Crippen LogP contribution in [0.5, 0.6) is 0 Å². The van der Waals surface area contributed by atoms with Crippen molar-refractivity contribution in [3.8, 4) is 0 Å². The van der Waals surface area contributed by atoms with Crippen molar-refractivity contribution in [1.29, 1.82) is 0 Å². The maximum atomic E-state index is 11.7. The molecule has 1 unspecified atom stereocenters. The van der Waals surface area contributed by atoms with Crippen LogP contribution in [0, 0.1) is 0 Å². The van der Waals surface area contributed by atoms with E-state index in [1.54, 1.807) is 32.8 Å². The second-order valence-electron chi connectivity index (χ2n) is 5.12. The lowest BCUT2D eigenvalue weighted by molar-refractivity contribution is -0.153. The van der Waals surface area contributed by atoms with Gasteiger partial charge < -0.3 is 23.8 Å². The van der Waals surface area contributed by atoms with Gasteiger partial charge in [0.25, 0.3) is 0 Å². The van der Waals surface area contributed by atoms with Crippen LogP contribution in [0.3, 0.4) is 0 Å². The summed E-state index contributed by atoms with van der Waals surface area (Å²) in [4.78, 5) is 47.3. The number of hydrogen-bond acceptors (Lipinski definition) is 9.